The Balaban J connectivity index is 2.55. The number of carboxylic acid groups (broad SMARTS) is 2. The average Bonchev–Trinajstić information content (AvgIpc) is 2.74. The van der Waals surface area contributed by atoms with Crippen molar-refractivity contribution >= 4 is 29.7 Å². The Labute approximate surface area is 182 Å². The summed E-state index contributed by atoms with van der Waals surface area (Å²) in [5.41, 5.74) is 6.07. The van der Waals surface area contributed by atoms with Crippen molar-refractivity contribution in [3.63, 3.8) is 0 Å². The Morgan fingerprint density at radius 1 is 0.938 bits per heavy atom. The van der Waals surface area contributed by atoms with E-state index in [0.29, 0.717) is 5.56 Å². The predicted molar refractivity (Wildman–Crippen MR) is 108 cm³/mol. The zero-order valence-corrected chi connectivity index (χ0v) is 17.0. The van der Waals surface area contributed by atoms with Crippen LogP contribution in [0.25, 0.3) is 0 Å². The summed E-state index contributed by atoms with van der Waals surface area (Å²) in [5.74, 6) is -5.07. The van der Waals surface area contributed by atoms with Crippen LogP contribution in [-0.2, 0) is 30.4 Å². The lowest BCUT2D eigenvalue weighted by molar-refractivity contribution is -0.141. The predicted octanol–water partition coefficient (Wildman–Crippen LogP) is -2.71. The normalized spacial score (nSPS) is 13.3. The number of aliphatic carboxylic acids is 2. The number of aliphatic hydroxyl groups excluding tert-OH is 1. The summed E-state index contributed by atoms with van der Waals surface area (Å²) in [5, 5.41) is 43.0. The van der Waals surface area contributed by atoms with E-state index in [2.05, 4.69) is 16.0 Å². The number of carbonyl (C=O) groups is 5. The third-order valence-corrected chi connectivity index (χ3v) is 4.25. The van der Waals surface area contributed by atoms with Gasteiger partial charge in [0.2, 0.25) is 17.7 Å². The van der Waals surface area contributed by atoms with Crippen LogP contribution in [0.3, 0.4) is 0 Å². The first-order valence-electron chi connectivity index (χ1n) is 9.49. The lowest BCUT2D eigenvalue weighted by atomic mass is 10.1. The molecule has 1 aromatic rings. The minimum Gasteiger partial charge on any atom is -0.508 e. The average molecular weight is 454 g/mol. The van der Waals surface area contributed by atoms with Crippen molar-refractivity contribution in [2.24, 2.45) is 5.73 Å². The molecule has 0 bridgehead atoms. The van der Waals surface area contributed by atoms with Crippen molar-refractivity contribution < 1.29 is 44.4 Å². The second kappa shape index (κ2) is 12.9. The fourth-order valence-corrected chi connectivity index (χ4v) is 2.49. The van der Waals surface area contributed by atoms with Crippen LogP contribution in [-0.4, -0.2) is 81.4 Å². The fourth-order valence-electron chi connectivity index (χ4n) is 2.49. The molecule has 0 aliphatic carbocycles. The molecular formula is C19H26N4O9. The Kier molecular flexibility index (Phi) is 10.6. The van der Waals surface area contributed by atoms with Crippen LogP contribution in [0.2, 0.25) is 0 Å². The highest BCUT2D eigenvalue weighted by Crippen LogP contribution is 2.11. The van der Waals surface area contributed by atoms with Gasteiger partial charge in [-0.2, -0.15) is 0 Å². The summed E-state index contributed by atoms with van der Waals surface area (Å²) in [6, 6.07) is 1.76. The molecule has 0 aliphatic heterocycles. The largest absolute Gasteiger partial charge is 0.508 e. The minimum absolute atomic E-state index is 0.000688. The van der Waals surface area contributed by atoms with Crippen molar-refractivity contribution in [3.8, 4) is 5.75 Å². The van der Waals surface area contributed by atoms with Crippen molar-refractivity contribution in [1.29, 1.82) is 0 Å². The van der Waals surface area contributed by atoms with E-state index in [1.165, 1.54) is 24.3 Å². The van der Waals surface area contributed by atoms with E-state index in [-0.39, 0.29) is 25.0 Å². The van der Waals surface area contributed by atoms with Crippen LogP contribution < -0.4 is 21.7 Å². The quantitative estimate of drug-likeness (QED) is 0.154. The molecule has 9 N–H and O–H groups in total. The molecule has 1 aromatic carbocycles. The number of amides is 3. The van der Waals surface area contributed by atoms with Crippen LogP contribution in [0.5, 0.6) is 5.75 Å². The van der Waals surface area contributed by atoms with Gasteiger partial charge in [-0.3, -0.25) is 19.2 Å². The Bertz CT molecular complexity index is 829. The molecule has 0 heterocycles. The van der Waals surface area contributed by atoms with Gasteiger partial charge < -0.3 is 42.1 Å². The first kappa shape index (κ1) is 26.3. The smallest absolute Gasteiger partial charge is 0.326 e. The molecule has 1 rings (SSSR count). The molecule has 3 amide bonds. The summed E-state index contributed by atoms with van der Waals surface area (Å²) in [6.45, 7) is -1.45. The van der Waals surface area contributed by atoms with Gasteiger partial charge in [-0.15, -0.1) is 0 Å². The van der Waals surface area contributed by atoms with E-state index >= 15 is 0 Å². The van der Waals surface area contributed by atoms with Gasteiger partial charge in [-0.05, 0) is 24.1 Å². The molecule has 32 heavy (non-hydrogen) atoms. The second-order valence-corrected chi connectivity index (χ2v) is 6.83. The van der Waals surface area contributed by atoms with Gasteiger partial charge in [-0.1, -0.05) is 12.1 Å². The number of nitrogens with two attached hydrogens (primary N) is 1. The van der Waals surface area contributed by atoms with Gasteiger partial charge in [0.25, 0.3) is 0 Å². The molecule has 13 nitrogen and oxygen atoms in total. The Morgan fingerprint density at radius 3 is 2.09 bits per heavy atom. The number of carbonyl (C=O) groups excluding carboxylic acids is 3. The number of hydrogen-bond acceptors (Lipinski definition) is 8. The van der Waals surface area contributed by atoms with E-state index in [1.807, 2.05) is 0 Å². The van der Waals surface area contributed by atoms with Crippen LogP contribution in [0.4, 0.5) is 0 Å². The number of aromatic hydroxyl groups is 1. The molecule has 0 spiro atoms. The third kappa shape index (κ3) is 9.40. The topological polar surface area (TPSA) is 228 Å². The van der Waals surface area contributed by atoms with Gasteiger partial charge in [0.15, 0.2) is 0 Å². The van der Waals surface area contributed by atoms with Crippen molar-refractivity contribution in [2.75, 3.05) is 13.2 Å². The number of rotatable bonds is 13. The third-order valence-electron chi connectivity index (χ3n) is 4.25. The molecule has 0 fully saturated rings. The lowest BCUT2D eigenvalue weighted by Gasteiger charge is -2.19. The molecule has 0 saturated heterocycles. The molecule has 13 heteroatoms. The highest BCUT2D eigenvalue weighted by atomic mass is 16.4. The van der Waals surface area contributed by atoms with Crippen LogP contribution in [0.15, 0.2) is 24.3 Å². The summed E-state index contributed by atoms with van der Waals surface area (Å²) < 4.78 is 0. The van der Waals surface area contributed by atoms with Gasteiger partial charge in [-0.25, -0.2) is 4.79 Å². The zero-order chi connectivity index (χ0) is 24.3. The molecule has 3 atom stereocenters. The molecule has 0 radical (unpaired) electrons. The lowest BCUT2D eigenvalue weighted by Crippen LogP contribution is -2.55. The minimum atomic E-state index is -1.45. The maximum absolute atomic E-state index is 12.1. The van der Waals surface area contributed by atoms with Crippen molar-refractivity contribution in [1.82, 2.24) is 16.0 Å². The number of nitrogens with one attached hydrogen (secondary N) is 3. The van der Waals surface area contributed by atoms with Crippen LogP contribution in [0, 0.1) is 0 Å². The maximum atomic E-state index is 12.1. The van der Waals surface area contributed by atoms with E-state index in [1.54, 1.807) is 0 Å². The Morgan fingerprint density at radius 2 is 1.56 bits per heavy atom. The highest BCUT2D eigenvalue weighted by molar-refractivity contribution is 5.92. The Hall–Kier alpha value is -3.71. The van der Waals surface area contributed by atoms with Crippen molar-refractivity contribution in [3.05, 3.63) is 29.8 Å². The summed E-state index contributed by atoms with van der Waals surface area (Å²) in [6.07, 6.45) is -0.612. The molecule has 0 saturated carbocycles. The van der Waals surface area contributed by atoms with Crippen LogP contribution in [0.1, 0.15) is 18.4 Å². The van der Waals surface area contributed by atoms with E-state index < -0.39 is 60.9 Å². The standard InChI is InChI=1S/C19H26N4O9/c20-12(5-6-16(27)28)17(29)23-14(9-24)18(30)21-8-15(26)22-13(19(31)32)7-10-1-3-11(25)4-2-10/h1-4,12-14,24-25H,5-9,20H2,(H,21,30)(H,22,26)(H,23,29)(H,27,28)(H,31,32). The highest BCUT2D eigenvalue weighted by Gasteiger charge is 2.25. The van der Waals surface area contributed by atoms with E-state index in [9.17, 15) is 39.3 Å². The summed E-state index contributed by atoms with van der Waals surface area (Å²) in [7, 11) is 0. The first-order chi connectivity index (χ1) is 15.0. The fraction of sp³-hybridized carbons (Fsp3) is 0.421. The molecule has 0 aliphatic rings. The number of carboxylic acids is 2. The molecular weight excluding hydrogens is 428 g/mol. The molecule has 3 unspecified atom stereocenters. The van der Waals surface area contributed by atoms with E-state index in [4.69, 9.17) is 10.8 Å². The van der Waals surface area contributed by atoms with Gasteiger partial charge in [0.1, 0.15) is 17.8 Å². The number of benzene rings is 1. The van der Waals surface area contributed by atoms with Gasteiger partial charge in [0, 0.05) is 12.8 Å². The summed E-state index contributed by atoms with van der Waals surface area (Å²) >= 11 is 0. The van der Waals surface area contributed by atoms with Gasteiger partial charge in [0.05, 0.1) is 19.2 Å². The summed E-state index contributed by atoms with van der Waals surface area (Å²) in [4.78, 5) is 58.0. The van der Waals surface area contributed by atoms with Crippen LogP contribution >= 0.6 is 0 Å². The number of phenolic OH excluding ortho intramolecular Hbond substituents is 1. The SMILES string of the molecule is NC(CCC(=O)O)C(=O)NC(CO)C(=O)NCC(=O)NC(Cc1ccc(O)cc1)C(=O)O. The number of phenols is 1. The van der Waals surface area contributed by atoms with Gasteiger partial charge >= 0.3 is 11.9 Å². The van der Waals surface area contributed by atoms with E-state index in [0.717, 1.165) is 0 Å². The number of aliphatic hydroxyl groups is 1. The maximum Gasteiger partial charge on any atom is 0.326 e. The van der Waals surface area contributed by atoms with Crippen molar-refractivity contribution in [2.45, 2.75) is 37.4 Å². The molecule has 176 valence electrons. The first-order valence-corrected chi connectivity index (χ1v) is 9.49. The zero-order valence-electron chi connectivity index (χ0n) is 17.0. The molecule has 0 aromatic heterocycles. The monoisotopic (exact) mass is 454 g/mol. The number of hydrogen-bond donors (Lipinski definition) is 8. The second-order valence-electron chi connectivity index (χ2n) is 6.83.